The Hall–Kier alpha value is -1.50. The Kier molecular flexibility index (Phi) is 3.32. The molecule has 0 amide bonds. The minimum atomic E-state index is -0.856. The molecule has 1 atom stereocenters. The van der Waals surface area contributed by atoms with Crippen molar-refractivity contribution in [3.8, 4) is 6.07 Å². The van der Waals surface area contributed by atoms with E-state index in [9.17, 15) is 4.79 Å². The summed E-state index contributed by atoms with van der Waals surface area (Å²) in [6.45, 7) is 0. The van der Waals surface area contributed by atoms with Crippen LogP contribution in [-0.4, -0.2) is 11.1 Å². The molecule has 0 saturated heterocycles. The lowest BCUT2D eigenvalue weighted by molar-refractivity contribution is 0.561. The highest BCUT2D eigenvalue weighted by molar-refractivity contribution is 9.10. The Morgan fingerprint density at radius 2 is 2.38 bits per heavy atom. The zero-order chi connectivity index (χ0) is 9.68. The second kappa shape index (κ2) is 4.51. The molecule has 0 bridgehead atoms. The van der Waals surface area contributed by atoms with E-state index in [1.165, 1.54) is 6.08 Å². The number of rotatable bonds is 2. The first-order valence-corrected chi connectivity index (χ1v) is 4.15. The molecule has 1 aromatic heterocycles. The maximum Gasteiger partial charge on any atom is 0.236 e. The summed E-state index contributed by atoms with van der Waals surface area (Å²) in [5.74, 6) is 0. The van der Waals surface area contributed by atoms with E-state index in [-0.39, 0.29) is 0 Å². The number of nitriles is 1. The lowest BCUT2D eigenvalue weighted by Crippen LogP contribution is -1.94. The van der Waals surface area contributed by atoms with Crippen LogP contribution in [0.25, 0.3) is 0 Å². The molecule has 4 nitrogen and oxygen atoms in total. The van der Waals surface area contributed by atoms with Gasteiger partial charge in [0.1, 0.15) is 0 Å². The molecule has 1 rings (SSSR count). The predicted molar refractivity (Wildman–Crippen MR) is 48.4 cm³/mol. The Balaban J connectivity index is 3.00. The molecule has 1 unspecified atom stereocenters. The highest BCUT2D eigenvalue weighted by atomic mass is 79.9. The Bertz CT molecular complexity index is 375. The summed E-state index contributed by atoms with van der Waals surface area (Å²) in [7, 11) is 0. The Morgan fingerprint density at radius 1 is 1.62 bits per heavy atom. The van der Waals surface area contributed by atoms with Crippen molar-refractivity contribution in [2.75, 3.05) is 0 Å². The van der Waals surface area contributed by atoms with Gasteiger partial charge in [-0.15, -0.1) is 0 Å². The van der Waals surface area contributed by atoms with E-state index in [1.807, 2.05) is 6.07 Å². The lowest BCUT2D eigenvalue weighted by atomic mass is 10.2. The number of aromatic nitrogens is 1. The van der Waals surface area contributed by atoms with Crippen molar-refractivity contribution in [3.05, 3.63) is 28.5 Å². The molecule has 0 spiro atoms. The molecule has 0 N–H and O–H groups in total. The van der Waals surface area contributed by atoms with Gasteiger partial charge >= 0.3 is 0 Å². The van der Waals surface area contributed by atoms with Crippen molar-refractivity contribution in [2.45, 2.75) is 6.04 Å². The molecule has 0 aromatic carbocycles. The van der Waals surface area contributed by atoms with E-state index in [1.54, 1.807) is 18.3 Å². The van der Waals surface area contributed by atoms with Crippen molar-refractivity contribution in [3.63, 3.8) is 0 Å². The Morgan fingerprint density at radius 3 is 2.85 bits per heavy atom. The molecule has 0 saturated carbocycles. The standard InChI is InChI=1S/C8H4BrN3O/c9-6-1-2-7(11-4-6)8(3-10)12-5-13/h1-2,4,8H. The molecule has 0 aliphatic rings. The SMILES string of the molecule is N#CC(N=C=O)c1ccc(Br)cn1. The topological polar surface area (TPSA) is 66.1 Å². The maximum absolute atomic E-state index is 9.93. The predicted octanol–water partition coefficient (Wildman–Crippen LogP) is 1.74. The van der Waals surface area contributed by atoms with Gasteiger partial charge in [-0.05, 0) is 28.1 Å². The van der Waals surface area contributed by atoms with E-state index in [4.69, 9.17) is 5.26 Å². The average Bonchev–Trinajstić information content (AvgIpc) is 2.16. The third-order valence-corrected chi connectivity index (χ3v) is 1.80. The normalized spacial score (nSPS) is 11.1. The quantitative estimate of drug-likeness (QED) is 0.582. The number of hydrogen-bond donors (Lipinski definition) is 0. The number of isocyanates is 1. The van der Waals surface area contributed by atoms with Crippen molar-refractivity contribution in [2.24, 2.45) is 4.99 Å². The first-order valence-electron chi connectivity index (χ1n) is 3.36. The highest BCUT2D eigenvalue weighted by Gasteiger charge is 2.08. The van der Waals surface area contributed by atoms with Crippen molar-refractivity contribution >= 4 is 22.0 Å². The van der Waals surface area contributed by atoms with E-state index < -0.39 is 6.04 Å². The van der Waals surface area contributed by atoms with Crippen LogP contribution in [0.1, 0.15) is 11.7 Å². The fourth-order valence-electron chi connectivity index (χ4n) is 0.763. The smallest absolute Gasteiger partial charge is 0.236 e. The van der Waals surface area contributed by atoms with Gasteiger partial charge in [0, 0.05) is 10.7 Å². The summed E-state index contributed by atoms with van der Waals surface area (Å²) in [6, 6.07) is 4.33. The fourth-order valence-corrected chi connectivity index (χ4v) is 0.997. The number of pyridine rings is 1. The summed E-state index contributed by atoms with van der Waals surface area (Å²) < 4.78 is 0.808. The van der Waals surface area contributed by atoms with E-state index in [0.717, 1.165) is 4.47 Å². The van der Waals surface area contributed by atoms with Crippen LogP contribution in [0.2, 0.25) is 0 Å². The van der Waals surface area contributed by atoms with Gasteiger partial charge in [-0.2, -0.15) is 10.3 Å². The van der Waals surface area contributed by atoms with Crippen LogP contribution >= 0.6 is 15.9 Å². The molecule has 1 heterocycles. The molecular formula is C8H4BrN3O. The molecule has 1 aromatic rings. The average molecular weight is 238 g/mol. The molecule has 13 heavy (non-hydrogen) atoms. The molecular weight excluding hydrogens is 234 g/mol. The first-order chi connectivity index (χ1) is 6.27. The molecule has 0 aliphatic heterocycles. The lowest BCUT2D eigenvalue weighted by Gasteiger charge is -1.99. The van der Waals surface area contributed by atoms with Crippen LogP contribution in [0.15, 0.2) is 27.8 Å². The molecule has 5 heteroatoms. The van der Waals surface area contributed by atoms with E-state index in [2.05, 4.69) is 25.9 Å². The summed E-state index contributed by atoms with van der Waals surface area (Å²) >= 11 is 3.20. The zero-order valence-corrected chi connectivity index (χ0v) is 8.02. The van der Waals surface area contributed by atoms with Gasteiger partial charge in [0.25, 0.3) is 0 Å². The number of hydrogen-bond acceptors (Lipinski definition) is 4. The van der Waals surface area contributed by atoms with Crippen LogP contribution in [0, 0.1) is 11.3 Å². The number of nitrogens with zero attached hydrogens (tertiary/aromatic N) is 3. The maximum atomic E-state index is 9.93. The highest BCUT2D eigenvalue weighted by Crippen LogP contribution is 2.15. The fraction of sp³-hybridized carbons (Fsp3) is 0.125. The minimum absolute atomic E-state index is 0.439. The van der Waals surface area contributed by atoms with E-state index in [0.29, 0.717) is 5.69 Å². The summed E-state index contributed by atoms with van der Waals surface area (Å²) in [5.41, 5.74) is 0.439. The van der Waals surface area contributed by atoms with Gasteiger partial charge < -0.3 is 0 Å². The van der Waals surface area contributed by atoms with Gasteiger partial charge in [0.2, 0.25) is 6.08 Å². The van der Waals surface area contributed by atoms with Crippen LogP contribution in [0.3, 0.4) is 0 Å². The molecule has 0 aliphatic carbocycles. The number of halogens is 1. The number of aliphatic imine (C=N–C) groups is 1. The van der Waals surface area contributed by atoms with Gasteiger partial charge in [-0.1, -0.05) is 0 Å². The second-order valence-electron chi connectivity index (χ2n) is 2.15. The largest absolute Gasteiger partial charge is 0.257 e. The van der Waals surface area contributed by atoms with Crippen LogP contribution in [0.5, 0.6) is 0 Å². The minimum Gasteiger partial charge on any atom is -0.257 e. The molecule has 0 radical (unpaired) electrons. The van der Waals surface area contributed by atoms with Gasteiger partial charge in [0.05, 0.1) is 11.8 Å². The van der Waals surface area contributed by atoms with Crippen LogP contribution in [-0.2, 0) is 4.79 Å². The van der Waals surface area contributed by atoms with Crippen molar-refractivity contribution in [1.29, 1.82) is 5.26 Å². The number of carbonyl (C=O) groups excluding carboxylic acids is 1. The Labute approximate surface area is 83.1 Å². The molecule has 0 fully saturated rings. The van der Waals surface area contributed by atoms with Gasteiger partial charge in [-0.3, -0.25) is 4.98 Å². The monoisotopic (exact) mass is 237 g/mol. The third-order valence-electron chi connectivity index (χ3n) is 1.33. The van der Waals surface area contributed by atoms with E-state index >= 15 is 0 Å². The summed E-state index contributed by atoms with van der Waals surface area (Å²) in [6.07, 6.45) is 2.87. The second-order valence-corrected chi connectivity index (χ2v) is 3.07. The first kappa shape index (κ1) is 9.59. The van der Waals surface area contributed by atoms with Crippen molar-refractivity contribution < 1.29 is 4.79 Å². The summed E-state index contributed by atoms with van der Waals surface area (Å²) in [5, 5.41) is 8.61. The molecule has 64 valence electrons. The van der Waals surface area contributed by atoms with Gasteiger partial charge in [-0.25, -0.2) is 4.79 Å². The van der Waals surface area contributed by atoms with Crippen LogP contribution in [0.4, 0.5) is 0 Å². The third kappa shape index (κ3) is 2.48. The van der Waals surface area contributed by atoms with Crippen molar-refractivity contribution in [1.82, 2.24) is 4.98 Å². The zero-order valence-electron chi connectivity index (χ0n) is 6.44. The van der Waals surface area contributed by atoms with Gasteiger partial charge in [0.15, 0.2) is 6.04 Å². The van der Waals surface area contributed by atoms with Crippen LogP contribution < -0.4 is 0 Å². The summed E-state index contributed by atoms with van der Waals surface area (Å²) in [4.78, 5) is 17.2.